The molecule has 0 spiro atoms. The summed E-state index contributed by atoms with van der Waals surface area (Å²) in [5.74, 6) is -1.23. The van der Waals surface area contributed by atoms with Crippen LogP contribution in [0.1, 0.15) is 17.3 Å². The molecule has 5 nitrogen and oxygen atoms in total. The number of hydrogen-bond acceptors (Lipinski definition) is 3. The summed E-state index contributed by atoms with van der Waals surface area (Å²) in [5, 5.41) is 8.58. The summed E-state index contributed by atoms with van der Waals surface area (Å²) in [6.45, 7) is 0.688. The van der Waals surface area contributed by atoms with E-state index in [0.717, 1.165) is 24.3 Å². The third-order valence-corrected chi connectivity index (χ3v) is 3.43. The highest BCUT2D eigenvalue weighted by Gasteiger charge is 2.29. The fourth-order valence-electron chi connectivity index (χ4n) is 0.996. The van der Waals surface area contributed by atoms with Crippen molar-refractivity contribution in [3.8, 4) is 0 Å². The molecule has 8 heteroatoms. The molecule has 0 radical (unpaired) electrons. The zero-order chi connectivity index (χ0) is 13.2. The highest BCUT2D eigenvalue weighted by Crippen LogP contribution is 2.22. The molecule has 0 bridgehead atoms. The Morgan fingerprint density at radius 1 is 1.35 bits per heavy atom. The monoisotopic (exact) mass is 265 g/mol. The number of aromatic carboxylic acids is 1. The molecule has 94 valence electrons. The van der Waals surface area contributed by atoms with Gasteiger partial charge in [-0.05, 0) is 31.2 Å². The van der Waals surface area contributed by atoms with Crippen LogP contribution in [0.4, 0.5) is 14.6 Å². The summed E-state index contributed by atoms with van der Waals surface area (Å²) in [5.41, 5.74) is -2.99. The zero-order valence-corrected chi connectivity index (χ0v) is 9.49. The van der Waals surface area contributed by atoms with Crippen molar-refractivity contribution in [3.63, 3.8) is 0 Å². The second-order valence-electron chi connectivity index (χ2n) is 3.15. The summed E-state index contributed by atoms with van der Waals surface area (Å²) >= 11 is 0. The van der Waals surface area contributed by atoms with Crippen molar-refractivity contribution in [2.45, 2.75) is 12.4 Å². The lowest BCUT2D eigenvalue weighted by molar-refractivity contribution is 0.0697. The quantitative estimate of drug-likeness (QED) is 0.841. The summed E-state index contributed by atoms with van der Waals surface area (Å²) in [6.07, 6.45) is 0. The van der Waals surface area contributed by atoms with Gasteiger partial charge in [0.25, 0.3) is 10.0 Å². The number of sulfonamides is 1. The third-order valence-electron chi connectivity index (χ3n) is 1.95. The van der Waals surface area contributed by atoms with Gasteiger partial charge in [-0.2, -0.15) is 0 Å². The summed E-state index contributed by atoms with van der Waals surface area (Å²) in [4.78, 5) is 10.5. The van der Waals surface area contributed by atoms with Gasteiger partial charge in [0.2, 0.25) is 5.50 Å². The second-order valence-corrected chi connectivity index (χ2v) is 5.15. The highest BCUT2D eigenvalue weighted by atomic mass is 32.2. The van der Waals surface area contributed by atoms with Gasteiger partial charge >= 0.3 is 5.97 Å². The highest BCUT2D eigenvalue weighted by molar-refractivity contribution is 7.93. The molecule has 0 aliphatic heterocycles. The number of carbonyl (C=O) groups is 1. The number of halogens is 2. The van der Waals surface area contributed by atoms with E-state index in [1.807, 2.05) is 0 Å². The predicted octanol–water partition coefficient (Wildman–Crippen LogP) is 1.72. The molecule has 0 aromatic heterocycles. The average molecular weight is 265 g/mol. The molecule has 1 aromatic rings. The van der Waals surface area contributed by atoms with E-state index < -0.39 is 31.7 Å². The zero-order valence-electron chi connectivity index (χ0n) is 8.67. The smallest absolute Gasteiger partial charge is 0.335 e. The van der Waals surface area contributed by atoms with Gasteiger partial charge in [0.15, 0.2) is 0 Å². The van der Waals surface area contributed by atoms with Crippen LogP contribution in [0.2, 0.25) is 0 Å². The Kier molecular flexibility index (Phi) is 3.66. The molecular weight excluding hydrogens is 256 g/mol. The maximum absolute atomic E-state index is 13.4. The number of nitrogens with zero attached hydrogens (tertiary/aromatic N) is 1. The Hall–Kier alpha value is -1.70. The summed E-state index contributed by atoms with van der Waals surface area (Å²) in [7, 11) is -4.71. The summed E-state index contributed by atoms with van der Waals surface area (Å²) in [6, 6.07) is 3.90. The van der Waals surface area contributed by atoms with Crippen LogP contribution in [0.3, 0.4) is 0 Å². The van der Waals surface area contributed by atoms with Gasteiger partial charge in [-0.1, -0.05) is 9.01 Å². The van der Waals surface area contributed by atoms with Gasteiger partial charge in [0.1, 0.15) is 0 Å². The average Bonchev–Trinajstić information content (AvgIpc) is 2.27. The van der Waals surface area contributed by atoms with Gasteiger partial charge in [-0.25, -0.2) is 17.6 Å². The van der Waals surface area contributed by atoms with E-state index in [2.05, 4.69) is 0 Å². The fraction of sp³-hybridized carbons (Fsp3) is 0.222. The Bertz CT molecular complexity index is 512. The first-order valence-corrected chi connectivity index (χ1v) is 5.94. The minimum Gasteiger partial charge on any atom is -0.478 e. The molecule has 0 aliphatic rings. The van der Waals surface area contributed by atoms with Crippen molar-refractivity contribution < 1.29 is 27.2 Å². The first-order chi connectivity index (χ1) is 7.76. The van der Waals surface area contributed by atoms with Gasteiger partial charge in [-0.15, -0.1) is 0 Å². The van der Waals surface area contributed by atoms with Crippen LogP contribution in [-0.2, 0) is 10.0 Å². The van der Waals surface area contributed by atoms with Crippen LogP contribution in [0.15, 0.2) is 24.3 Å². The molecule has 17 heavy (non-hydrogen) atoms. The first kappa shape index (κ1) is 13.4. The fourth-order valence-corrected chi connectivity index (χ4v) is 1.67. The number of carboxylic acid groups (broad SMARTS) is 1. The van der Waals surface area contributed by atoms with Crippen molar-refractivity contribution in [2.75, 3.05) is 4.53 Å². The lowest BCUT2D eigenvalue weighted by atomic mass is 10.2. The minimum absolute atomic E-state index is 0.132. The van der Waals surface area contributed by atoms with E-state index >= 15 is 0 Å². The van der Waals surface area contributed by atoms with Crippen LogP contribution < -0.4 is 4.53 Å². The molecule has 1 atom stereocenters. The molecule has 0 saturated heterocycles. The predicted molar refractivity (Wildman–Crippen MR) is 56.5 cm³/mol. The molecule has 0 heterocycles. The Balaban J connectivity index is 3.06. The van der Waals surface area contributed by atoms with Gasteiger partial charge in [0.05, 0.1) is 11.3 Å². The van der Waals surface area contributed by atoms with E-state index in [1.165, 1.54) is 0 Å². The molecule has 1 aromatic carbocycles. The SMILES string of the molecule is CC(F)S(=O)(=O)N(F)c1ccc(C(=O)O)cc1. The van der Waals surface area contributed by atoms with Gasteiger partial charge < -0.3 is 5.11 Å². The molecule has 1 N–H and O–H groups in total. The number of benzene rings is 1. The maximum Gasteiger partial charge on any atom is 0.335 e. The van der Waals surface area contributed by atoms with Crippen molar-refractivity contribution in [2.24, 2.45) is 0 Å². The van der Waals surface area contributed by atoms with Crippen molar-refractivity contribution in [1.82, 2.24) is 0 Å². The number of hydrogen-bond donors (Lipinski definition) is 1. The van der Waals surface area contributed by atoms with Crippen molar-refractivity contribution in [3.05, 3.63) is 29.8 Å². The second kappa shape index (κ2) is 4.66. The van der Waals surface area contributed by atoms with Crippen LogP contribution in [0.5, 0.6) is 0 Å². The summed E-state index contributed by atoms with van der Waals surface area (Å²) < 4.78 is 47.5. The molecular formula is C9H9F2NO4S. The van der Waals surface area contributed by atoms with Crippen molar-refractivity contribution in [1.29, 1.82) is 0 Å². The molecule has 0 amide bonds. The number of rotatable bonds is 4. The molecule has 0 aliphatic carbocycles. The Morgan fingerprint density at radius 3 is 2.18 bits per heavy atom. The van der Waals surface area contributed by atoms with Crippen LogP contribution >= 0.6 is 0 Å². The van der Waals surface area contributed by atoms with E-state index in [0.29, 0.717) is 6.92 Å². The van der Waals surface area contributed by atoms with Crippen LogP contribution in [-0.4, -0.2) is 25.0 Å². The number of anilines is 1. The van der Waals surface area contributed by atoms with E-state index in [9.17, 15) is 22.1 Å². The van der Waals surface area contributed by atoms with Crippen molar-refractivity contribution >= 4 is 21.7 Å². The number of alkyl halides is 1. The molecule has 0 saturated carbocycles. The van der Waals surface area contributed by atoms with E-state index in [-0.39, 0.29) is 5.56 Å². The van der Waals surface area contributed by atoms with Gasteiger partial charge in [0, 0.05) is 0 Å². The Labute approximate surface area is 96.3 Å². The topological polar surface area (TPSA) is 74.7 Å². The molecule has 0 fully saturated rings. The van der Waals surface area contributed by atoms with Gasteiger partial charge in [-0.3, -0.25) is 0 Å². The first-order valence-electron chi connectivity index (χ1n) is 4.44. The lowest BCUT2D eigenvalue weighted by Gasteiger charge is -2.14. The van der Waals surface area contributed by atoms with E-state index in [1.54, 1.807) is 0 Å². The minimum atomic E-state index is -4.71. The maximum atomic E-state index is 13.4. The van der Waals surface area contributed by atoms with Crippen LogP contribution in [0, 0.1) is 0 Å². The van der Waals surface area contributed by atoms with E-state index in [4.69, 9.17) is 5.11 Å². The standard InChI is InChI=1S/C9H9F2NO4S/c1-6(10)17(15,16)12(11)8-4-2-7(3-5-8)9(13)14/h2-6H,1H3,(H,13,14). The molecule has 1 rings (SSSR count). The largest absolute Gasteiger partial charge is 0.478 e. The third kappa shape index (κ3) is 2.70. The normalized spacial score (nSPS) is 13.1. The Morgan fingerprint density at radius 2 is 1.82 bits per heavy atom. The number of carboxylic acids is 1. The molecule has 1 unspecified atom stereocenters. The van der Waals surface area contributed by atoms with Crippen LogP contribution in [0.25, 0.3) is 0 Å². The lowest BCUT2D eigenvalue weighted by Crippen LogP contribution is -2.29.